The van der Waals surface area contributed by atoms with Gasteiger partial charge in [-0.05, 0) is 23.3 Å². The Morgan fingerprint density at radius 2 is 2.21 bits per heavy atom. The average molecular weight is 196 g/mol. The van der Waals surface area contributed by atoms with Gasteiger partial charge in [0, 0.05) is 5.92 Å². The second-order valence-corrected chi connectivity index (χ2v) is 3.57. The van der Waals surface area contributed by atoms with Gasteiger partial charge in [-0.3, -0.25) is 4.79 Å². The lowest BCUT2D eigenvalue weighted by Crippen LogP contribution is -2.15. The van der Waals surface area contributed by atoms with E-state index in [0.29, 0.717) is 5.92 Å². The number of carbonyl (C=O) groups is 1. The van der Waals surface area contributed by atoms with Gasteiger partial charge < -0.3 is 5.11 Å². The van der Waals surface area contributed by atoms with Gasteiger partial charge in [0.2, 0.25) is 0 Å². The van der Waals surface area contributed by atoms with Crippen LogP contribution < -0.4 is 0 Å². The lowest BCUT2D eigenvalue weighted by molar-refractivity contribution is -0.138. The second-order valence-electron chi connectivity index (χ2n) is 3.57. The Bertz CT molecular complexity index is 330. The third kappa shape index (κ3) is 1.73. The van der Waals surface area contributed by atoms with Crippen molar-refractivity contribution < 1.29 is 9.90 Å². The van der Waals surface area contributed by atoms with Crippen molar-refractivity contribution in [2.75, 3.05) is 0 Å². The van der Waals surface area contributed by atoms with Crippen LogP contribution in [-0.4, -0.2) is 31.3 Å². The molecule has 1 aliphatic rings. The van der Waals surface area contributed by atoms with E-state index in [1.807, 2.05) is 0 Å². The maximum absolute atomic E-state index is 10.5. The van der Waals surface area contributed by atoms with E-state index in [-0.39, 0.29) is 6.54 Å². The third-order valence-corrected chi connectivity index (χ3v) is 2.56. The highest BCUT2D eigenvalue weighted by Gasteiger charge is 2.23. The number of hydrogen-bond donors (Lipinski definition) is 1. The van der Waals surface area contributed by atoms with Crippen LogP contribution in [-0.2, 0) is 11.3 Å². The average Bonchev–Trinajstić information content (AvgIpc) is 2.70. The number of aliphatic carboxylic acids is 1. The van der Waals surface area contributed by atoms with Gasteiger partial charge in [0.25, 0.3) is 0 Å². The quantitative estimate of drug-likeness (QED) is 0.757. The number of hydrogen-bond acceptors (Lipinski definition) is 4. The summed E-state index contributed by atoms with van der Waals surface area (Å²) >= 11 is 0. The van der Waals surface area contributed by atoms with Crippen LogP contribution >= 0.6 is 0 Å². The van der Waals surface area contributed by atoms with Crippen LogP contribution in [0.3, 0.4) is 0 Å². The predicted molar refractivity (Wildman–Crippen MR) is 46.7 cm³/mol. The zero-order valence-electron chi connectivity index (χ0n) is 7.76. The van der Waals surface area contributed by atoms with Crippen LogP contribution in [0.5, 0.6) is 0 Å². The van der Waals surface area contributed by atoms with Crippen molar-refractivity contribution in [3.63, 3.8) is 0 Å². The van der Waals surface area contributed by atoms with E-state index in [1.165, 1.54) is 17.5 Å². The number of carboxylic acids is 1. The molecule has 76 valence electrons. The standard InChI is InChI=1S/C8H12N4O2/c13-7(14)5-12-8(9-10-11-12)6-3-1-2-4-6/h6H,1-5H2,(H,13,14). The van der Waals surface area contributed by atoms with Crippen molar-refractivity contribution in [3.8, 4) is 0 Å². The fraction of sp³-hybridized carbons (Fsp3) is 0.750. The fourth-order valence-electron chi connectivity index (χ4n) is 1.93. The van der Waals surface area contributed by atoms with Gasteiger partial charge in [-0.1, -0.05) is 12.8 Å². The monoisotopic (exact) mass is 196 g/mol. The summed E-state index contributed by atoms with van der Waals surface area (Å²) in [5, 5.41) is 19.7. The summed E-state index contributed by atoms with van der Waals surface area (Å²) < 4.78 is 1.39. The van der Waals surface area contributed by atoms with Crippen molar-refractivity contribution in [1.29, 1.82) is 0 Å². The third-order valence-electron chi connectivity index (χ3n) is 2.56. The molecule has 1 N–H and O–H groups in total. The van der Waals surface area contributed by atoms with Gasteiger partial charge in [0.05, 0.1) is 0 Å². The molecule has 0 unspecified atom stereocenters. The van der Waals surface area contributed by atoms with Crippen LogP contribution in [0.2, 0.25) is 0 Å². The molecule has 6 nitrogen and oxygen atoms in total. The van der Waals surface area contributed by atoms with Crippen LogP contribution in [0.4, 0.5) is 0 Å². The largest absolute Gasteiger partial charge is 0.480 e. The van der Waals surface area contributed by atoms with E-state index in [1.54, 1.807) is 0 Å². The number of carboxylic acid groups (broad SMARTS) is 1. The zero-order valence-corrected chi connectivity index (χ0v) is 7.76. The molecular formula is C8H12N4O2. The van der Waals surface area contributed by atoms with Gasteiger partial charge in [0.15, 0.2) is 5.82 Å². The Kier molecular flexibility index (Phi) is 2.43. The predicted octanol–water partition coefficient (Wildman–Crippen LogP) is 0.415. The van der Waals surface area contributed by atoms with Crippen molar-refractivity contribution in [1.82, 2.24) is 20.2 Å². The summed E-state index contributed by atoms with van der Waals surface area (Å²) in [5.74, 6) is 0.172. The van der Waals surface area contributed by atoms with E-state index in [4.69, 9.17) is 5.11 Å². The maximum atomic E-state index is 10.5. The van der Waals surface area contributed by atoms with Gasteiger partial charge in [-0.2, -0.15) is 0 Å². The molecule has 0 spiro atoms. The van der Waals surface area contributed by atoms with Gasteiger partial charge >= 0.3 is 5.97 Å². The lowest BCUT2D eigenvalue weighted by Gasteiger charge is -2.06. The molecule has 1 saturated carbocycles. The smallest absolute Gasteiger partial charge is 0.325 e. The van der Waals surface area contributed by atoms with Crippen LogP contribution in [0.15, 0.2) is 0 Å². The normalized spacial score (nSPS) is 17.4. The topological polar surface area (TPSA) is 80.9 Å². The Labute approximate surface area is 80.9 Å². The van der Waals surface area contributed by atoms with Crippen molar-refractivity contribution in [2.24, 2.45) is 0 Å². The summed E-state index contributed by atoms with van der Waals surface area (Å²) in [4.78, 5) is 10.5. The minimum Gasteiger partial charge on any atom is -0.480 e. The Morgan fingerprint density at radius 3 is 2.86 bits per heavy atom. The van der Waals surface area contributed by atoms with E-state index in [9.17, 15) is 4.79 Å². The lowest BCUT2D eigenvalue weighted by atomic mass is 10.1. The SMILES string of the molecule is O=C(O)Cn1nnnc1C1CCCC1. The second kappa shape index (κ2) is 3.73. The van der Waals surface area contributed by atoms with Crippen molar-refractivity contribution in [3.05, 3.63) is 5.82 Å². The zero-order chi connectivity index (χ0) is 9.97. The Balaban J connectivity index is 2.15. The molecule has 0 bridgehead atoms. The Morgan fingerprint density at radius 1 is 1.50 bits per heavy atom. The Hall–Kier alpha value is -1.46. The minimum atomic E-state index is -0.906. The highest BCUT2D eigenvalue weighted by molar-refractivity contribution is 5.66. The van der Waals surface area contributed by atoms with Crippen molar-refractivity contribution >= 4 is 5.97 Å². The number of nitrogens with zero attached hydrogens (tertiary/aromatic N) is 4. The molecule has 1 aromatic heterocycles. The highest BCUT2D eigenvalue weighted by Crippen LogP contribution is 2.32. The van der Waals surface area contributed by atoms with E-state index < -0.39 is 5.97 Å². The van der Waals surface area contributed by atoms with Crippen LogP contribution in [0, 0.1) is 0 Å². The van der Waals surface area contributed by atoms with Crippen LogP contribution in [0.1, 0.15) is 37.4 Å². The van der Waals surface area contributed by atoms with Gasteiger partial charge in [-0.25, -0.2) is 4.68 Å². The van der Waals surface area contributed by atoms with Crippen molar-refractivity contribution in [2.45, 2.75) is 38.1 Å². The van der Waals surface area contributed by atoms with E-state index in [0.717, 1.165) is 18.7 Å². The molecule has 0 atom stereocenters. The number of aromatic nitrogens is 4. The fourth-order valence-corrected chi connectivity index (χ4v) is 1.93. The first kappa shape index (κ1) is 9.11. The molecule has 0 radical (unpaired) electrons. The number of tetrazole rings is 1. The molecule has 1 aliphatic carbocycles. The minimum absolute atomic E-state index is 0.140. The summed E-state index contributed by atoms with van der Waals surface area (Å²) in [6.07, 6.45) is 4.51. The molecule has 0 saturated heterocycles. The van der Waals surface area contributed by atoms with Gasteiger partial charge in [0.1, 0.15) is 6.54 Å². The first-order chi connectivity index (χ1) is 6.77. The molecule has 2 rings (SSSR count). The molecule has 1 heterocycles. The molecular weight excluding hydrogens is 184 g/mol. The van der Waals surface area contributed by atoms with Crippen LogP contribution in [0.25, 0.3) is 0 Å². The molecule has 1 fully saturated rings. The summed E-state index contributed by atoms with van der Waals surface area (Å²) in [5.41, 5.74) is 0. The molecule has 0 aliphatic heterocycles. The summed E-state index contributed by atoms with van der Waals surface area (Å²) in [6.45, 7) is -0.140. The number of rotatable bonds is 3. The van der Waals surface area contributed by atoms with E-state index in [2.05, 4.69) is 15.5 Å². The van der Waals surface area contributed by atoms with Gasteiger partial charge in [-0.15, -0.1) is 5.10 Å². The molecule has 0 aromatic carbocycles. The molecule has 0 amide bonds. The summed E-state index contributed by atoms with van der Waals surface area (Å²) in [7, 11) is 0. The molecule has 14 heavy (non-hydrogen) atoms. The molecule has 6 heteroatoms. The molecule has 1 aromatic rings. The first-order valence-corrected chi connectivity index (χ1v) is 4.75. The van der Waals surface area contributed by atoms with E-state index >= 15 is 0 Å². The highest BCUT2D eigenvalue weighted by atomic mass is 16.4. The first-order valence-electron chi connectivity index (χ1n) is 4.75. The maximum Gasteiger partial charge on any atom is 0.325 e. The summed E-state index contributed by atoms with van der Waals surface area (Å²) in [6, 6.07) is 0.